The number of hydrogen-bond donors (Lipinski definition) is 2. The third-order valence-electron chi connectivity index (χ3n) is 5.13. The first-order chi connectivity index (χ1) is 13.5. The van der Waals surface area contributed by atoms with Crippen molar-refractivity contribution in [2.75, 3.05) is 12.1 Å². The summed E-state index contributed by atoms with van der Waals surface area (Å²) in [7, 11) is 0. The van der Waals surface area contributed by atoms with Crippen molar-refractivity contribution in [1.29, 1.82) is 0 Å². The topological polar surface area (TPSA) is 89.6 Å². The fourth-order valence-corrected chi connectivity index (χ4v) is 4.44. The number of nitrogens with one attached hydrogen (secondary N) is 2. The predicted octanol–water partition coefficient (Wildman–Crippen LogP) is 3.46. The van der Waals surface area contributed by atoms with Gasteiger partial charge in [-0.1, -0.05) is 6.92 Å². The van der Waals surface area contributed by atoms with Crippen LogP contribution in [0.3, 0.4) is 0 Å². The molecule has 8 heteroatoms. The maximum Gasteiger partial charge on any atom is 0.257 e. The smallest absolute Gasteiger partial charge is 0.257 e. The molecule has 2 aliphatic rings. The molecular weight excluding hydrogens is 378 g/mol. The van der Waals surface area contributed by atoms with Crippen LogP contribution >= 0.6 is 11.3 Å². The van der Waals surface area contributed by atoms with Crippen molar-refractivity contribution in [3.8, 4) is 11.5 Å². The third kappa shape index (κ3) is 3.69. The van der Waals surface area contributed by atoms with Gasteiger partial charge in [-0.15, -0.1) is 11.3 Å². The Hall–Kier alpha value is -2.61. The number of anilines is 1. The van der Waals surface area contributed by atoms with E-state index in [1.54, 1.807) is 18.2 Å². The second kappa shape index (κ2) is 7.79. The van der Waals surface area contributed by atoms with Gasteiger partial charge in [0.15, 0.2) is 16.6 Å². The molecular formula is C20H23N3O4S. The van der Waals surface area contributed by atoms with E-state index in [1.165, 1.54) is 11.3 Å². The minimum atomic E-state index is -0.259. The number of amides is 2. The first-order valence-corrected chi connectivity index (χ1v) is 10.4. The first kappa shape index (κ1) is 18.7. The summed E-state index contributed by atoms with van der Waals surface area (Å²) in [5.41, 5.74) is 1.28. The lowest BCUT2D eigenvalue weighted by Crippen LogP contribution is -2.37. The highest BCUT2D eigenvalue weighted by atomic mass is 32.1. The quantitative estimate of drug-likeness (QED) is 0.801. The molecule has 1 aliphatic carbocycles. The number of carbonyl (C=O) groups excluding carboxylic acids is 2. The van der Waals surface area contributed by atoms with Gasteiger partial charge in [-0.25, -0.2) is 4.98 Å². The number of aryl methyl sites for hydroxylation is 1. The summed E-state index contributed by atoms with van der Waals surface area (Å²) < 4.78 is 10.6. The lowest BCUT2D eigenvalue weighted by atomic mass is 9.90. The normalized spacial score (nSPS) is 18.3. The molecule has 1 aromatic carbocycles. The highest BCUT2D eigenvalue weighted by Crippen LogP contribution is 2.37. The molecule has 2 aromatic rings. The van der Waals surface area contributed by atoms with E-state index in [-0.39, 0.29) is 30.6 Å². The van der Waals surface area contributed by atoms with Crippen molar-refractivity contribution in [3.63, 3.8) is 0 Å². The Labute approximate surface area is 167 Å². The van der Waals surface area contributed by atoms with Crippen LogP contribution in [0.25, 0.3) is 0 Å². The van der Waals surface area contributed by atoms with E-state index in [2.05, 4.69) is 15.6 Å². The summed E-state index contributed by atoms with van der Waals surface area (Å²) in [4.78, 5) is 30.9. The molecule has 1 aromatic heterocycles. The maximum atomic E-state index is 12.6. The number of ether oxygens (including phenoxy) is 2. The Morgan fingerprint density at radius 2 is 2.14 bits per heavy atom. The molecule has 0 radical (unpaired) electrons. The molecule has 0 saturated heterocycles. The van der Waals surface area contributed by atoms with Crippen LogP contribution in [0.5, 0.6) is 11.5 Å². The highest BCUT2D eigenvalue weighted by molar-refractivity contribution is 7.16. The van der Waals surface area contributed by atoms with Gasteiger partial charge in [0, 0.05) is 16.5 Å². The van der Waals surface area contributed by atoms with Gasteiger partial charge < -0.3 is 14.8 Å². The molecule has 2 atom stereocenters. The van der Waals surface area contributed by atoms with Crippen molar-refractivity contribution in [2.45, 2.75) is 51.5 Å². The summed E-state index contributed by atoms with van der Waals surface area (Å²) >= 11 is 1.45. The molecule has 1 aliphatic heterocycles. The molecule has 2 N–H and O–H groups in total. The minimum Gasteiger partial charge on any atom is -0.454 e. The van der Waals surface area contributed by atoms with E-state index in [9.17, 15) is 9.59 Å². The average molecular weight is 401 g/mol. The summed E-state index contributed by atoms with van der Waals surface area (Å²) in [5, 5.41) is 6.43. The number of fused-ring (bicyclic) bond motifs is 2. The maximum absolute atomic E-state index is 12.6. The molecule has 28 heavy (non-hydrogen) atoms. The van der Waals surface area contributed by atoms with Gasteiger partial charge in [0.25, 0.3) is 5.91 Å². The Morgan fingerprint density at radius 1 is 1.32 bits per heavy atom. The van der Waals surface area contributed by atoms with Gasteiger partial charge in [0.2, 0.25) is 12.7 Å². The molecule has 2 unspecified atom stereocenters. The fourth-order valence-electron chi connectivity index (χ4n) is 3.38. The van der Waals surface area contributed by atoms with E-state index in [0.29, 0.717) is 22.2 Å². The number of benzene rings is 1. The molecule has 7 nitrogen and oxygen atoms in total. The Balaban J connectivity index is 1.50. The van der Waals surface area contributed by atoms with Gasteiger partial charge in [0.05, 0.1) is 11.6 Å². The molecule has 0 spiro atoms. The van der Waals surface area contributed by atoms with Crippen molar-refractivity contribution < 1.29 is 19.1 Å². The Morgan fingerprint density at radius 3 is 2.96 bits per heavy atom. The monoisotopic (exact) mass is 401 g/mol. The lowest BCUT2D eigenvalue weighted by Gasteiger charge is -2.22. The number of hydrogen-bond acceptors (Lipinski definition) is 6. The third-order valence-corrected chi connectivity index (χ3v) is 6.17. The van der Waals surface area contributed by atoms with E-state index >= 15 is 0 Å². The molecule has 0 saturated carbocycles. The summed E-state index contributed by atoms with van der Waals surface area (Å²) in [6.07, 6.45) is 3.51. The van der Waals surface area contributed by atoms with Crippen molar-refractivity contribution in [1.82, 2.24) is 10.3 Å². The number of aromatic nitrogens is 1. The summed E-state index contributed by atoms with van der Waals surface area (Å²) in [6.45, 7) is 4.21. The first-order valence-electron chi connectivity index (χ1n) is 9.56. The van der Waals surface area contributed by atoms with Gasteiger partial charge in [0.1, 0.15) is 0 Å². The highest BCUT2D eigenvalue weighted by Gasteiger charge is 2.31. The van der Waals surface area contributed by atoms with E-state index in [4.69, 9.17) is 9.47 Å². The van der Waals surface area contributed by atoms with E-state index in [0.717, 1.165) is 36.3 Å². The molecule has 0 fully saturated rings. The number of thiazole rings is 1. The zero-order chi connectivity index (χ0) is 19.7. The largest absolute Gasteiger partial charge is 0.454 e. The molecule has 0 bridgehead atoms. The van der Waals surface area contributed by atoms with Crippen LogP contribution in [-0.4, -0.2) is 29.6 Å². The molecule has 2 amide bonds. The van der Waals surface area contributed by atoms with Crippen LogP contribution in [-0.2, 0) is 11.2 Å². The Kier molecular flexibility index (Phi) is 5.21. The van der Waals surface area contributed by atoms with Crippen LogP contribution in [0, 0.1) is 0 Å². The van der Waals surface area contributed by atoms with Gasteiger partial charge in [-0.2, -0.15) is 0 Å². The fraction of sp³-hybridized carbons (Fsp3) is 0.450. The molecule has 2 heterocycles. The average Bonchev–Trinajstić information content (AvgIpc) is 3.32. The van der Waals surface area contributed by atoms with Crippen LogP contribution in [0.2, 0.25) is 0 Å². The summed E-state index contributed by atoms with van der Waals surface area (Å²) in [5.74, 6) is 0.716. The molecule has 4 rings (SSSR count). The van der Waals surface area contributed by atoms with Crippen LogP contribution in [0.1, 0.15) is 60.0 Å². The number of rotatable bonds is 5. The Bertz CT molecular complexity index is 911. The number of nitrogens with zero attached hydrogens (tertiary/aromatic N) is 1. The zero-order valence-electron chi connectivity index (χ0n) is 15.9. The van der Waals surface area contributed by atoms with Gasteiger partial charge >= 0.3 is 0 Å². The van der Waals surface area contributed by atoms with Crippen LogP contribution in [0.4, 0.5) is 5.13 Å². The summed E-state index contributed by atoms with van der Waals surface area (Å²) in [6, 6.07) is 5.22. The molecule has 148 valence electrons. The van der Waals surface area contributed by atoms with E-state index in [1.807, 2.05) is 13.8 Å². The number of carbonyl (C=O) groups is 2. The lowest BCUT2D eigenvalue weighted by molar-refractivity contribution is -0.123. The second-order valence-electron chi connectivity index (χ2n) is 7.11. The SMILES string of the molecule is CCC(C)NC(=O)C1CCCc2sc(NC(=O)c3ccc4c(c3)OCO4)nc21. The van der Waals surface area contributed by atoms with Crippen molar-refractivity contribution >= 4 is 28.3 Å². The zero-order valence-corrected chi connectivity index (χ0v) is 16.7. The van der Waals surface area contributed by atoms with E-state index < -0.39 is 0 Å². The van der Waals surface area contributed by atoms with Crippen LogP contribution in [0.15, 0.2) is 18.2 Å². The van der Waals surface area contributed by atoms with Gasteiger partial charge in [-0.05, 0) is 50.8 Å². The van der Waals surface area contributed by atoms with Gasteiger partial charge in [-0.3, -0.25) is 14.9 Å². The minimum absolute atomic E-state index is 0.0225. The standard InChI is InChI=1S/C20H23N3O4S/c1-3-11(2)21-19(25)13-5-4-6-16-17(13)22-20(28-16)23-18(24)12-7-8-14-15(9-12)27-10-26-14/h7-9,11,13H,3-6,10H2,1-2H3,(H,21,25)(H,22,23,24). The second-order valence-corrected chi connectivity index (χ2v) is 8.20. The van der Waals surface area contributed by atoms with Crippen LogP contribution < -0.4 is 20.1 Å². The van der Waals surface area contributed by atoms with Crippen molar-refractivity contribution in [3.05, 3.63) is 34.3 Å². The van der Waals surface area contributed by atoms with Crippen molar-refractivity contribution in [2.24, 2.45) is 0 Å². The predicted molar refractivity (Wildman–Crippen MR) is 106 cm³/mol.